The van der Waals surface area contributed by atoms with Gasteiger partial charge in [-0.1, -0.05) is 34.1 Å². The molecule has 2 aliphatic rings. The van der Waals surface area contributed by atoms with Crippen molar-refractivity contribution in [2.75, 3.05) is 54.6 Å². The fourth-order valence-electron chi connectivity index (χ4n) is 4.05. The number of nitrogens with one attached hydrogen (secondary N) is 1. The van der Waals surface area contributed by atoms with Crippen molar-refractivity contribution in [1.29, 1.82) is 0 Å². The van der Waals surface area contributed by atoms with Crippen LogP contribution in [0.25, 0.3) is 0 Å². The molecule has 0 amide bonds. The average molecular weight is 556 g/mol. The standard InChI is InChI=1S/C25H27BrFN7O2/c26-20-7-8-22(36-17-18-5-1-2-6-21(18)27)19(15-20)16-28-32-23-29-24(33-9-3-4-10-33)31-25(30-23)34-11-13-35-14-12-34/h1-2,5-8,15-16H,3-4,9-14,17H2,(H,29,30,31,32)/b28-16+. The number of halogens is 2. The molecule has 3 aromatic rings. The molecule has 0 atom stereocenters. The summed E-state index contributed by atoms with van der Waals surface area (Å²) in [6, 6.07) is 12.1. The molecule has 0 aliphatic carbocycles. The number of rotatable bonds is 8. The smallest absolute Gasteiger partial charge is 0.250 e. The number of hydrogen-bond acceptors (Lipinski definition) is 9. The molecular weight excluding hydrogens is 529 g/mol. The van der Waals surface area contributed by atoms with Gasteiger partial charge in [-0.3, -0.25) is 0 Å². The van der Waals surface area contributed by atoms with E-state index in [4.69, 9.17) is 14.5 Å². The zero-order chi connectivity index (χ0) is 24.7. The molecule has 2 saturated heterocycles. The first-order chi connectivity index (χ1) is 17.7. The van der Waals surface area contributed by atoms with E-state index in [9.17, 15) is 4.39 Å². The number of hydrazone groups is 1. The number of anilines is 3. The summed E-state index contributed by atoms with van der Waals surface area (Å²) in [5, 5.41) is 4.38. The zero-order valence-electron chi connectivity index (χ0n) is 19.7. The normalized spacial score (nSPS) is 16.1. The lowest BCUT2D eigenvalue weighted by Gasteiger charge is -2.27. The van der Waals surface area contributed by atoms with Crippen molar-refractivity contribution >= 4 is 40.0 Å². The highest BCUT2D eigenvalue weighted by molar-refractivity contribution is 9.10. The van der Waals surface area contributed by atoms with Gasteiger partial charge in [-0.25, -0.2) is 9.82 Å². The zero-order valence-corrected chi connectivity index (χ0v) is 21.3. The van der Waals surface area contributed by atoms with Crippen LogP contribution in [0, 0.1) is 5.82 Å². The largest absolute Gasteiger partial charge is 0.488 e. The van der Waals surface area contributed by atoms with Crippen LogP contribution in [-0.2, 0) is 11.3 Å². The van der Waals surface area contributed by atoms with Crippen molar-refractivity contribution in [2.45, 2.75) is 19.4 Å². The summed E-state index contributed by atoms with van der Waals surface area (Å²) in [4.78, 5) is 18.2. The highest BCUT2D eigenvalue weighted by atomic mass is 79.9. The van der Waals surface area contributed by atoms with Crippen LogP contribution >= 0.6 is 15.9 Å². The maximum atomic E-state index is 14.0. The predicted octanol–water partition coefficient (Wildman–Crippen LogP) is 4.24. The third kappa shape index (κ3) is 6.08. The molecule has 0 spiro atoms. The molecule has 5 rings (SSSR count). The van der Waals surface area contributed by atoms with Crippen molar-refractivity contribution < 1.29 is 13.9 Å². The van der Waals surface area contributed by atoms with Gasteiger partial charge >= 0.3 is 0 Å². The Hall–Kier alpha value is -3.31. The van der Waals surface area contributed by atoms with Gasteiger partial charge in [-0.05, 0) is 37.1 Å². The van der Waals surface area contributed by atoms with Gasteiger partial charge < -0.3 is 19.3 Å². The van der Waals surface area contributed by atoms with Gasteiger partial charge in [-0.2, -0.15) is 20.1 Å². The van der Waals surface area contributed by atoms with E-state index in [-0.39, 0.29) is 12.4 Å². The van der Waals surface area contributed by atoms with Crippen molar-refractivity contribution in [3.63, 3.8) is 0 Å². The van der Waals surface area contributed by atoms with E-state index >= 15 is 0 Å². The minimum Gasteiger partial charge on any atom is -0.488 e. The molecule has 1 N–H and O–H groups in total. The average Bonchev–Trinajstić information content (AvgIpc) is 3.45. The molecule has 11 heteroatoms. The van der Waals surface area contributed by atoms with E-state index in [2.05, 4.69) is 46.2 Å². The molecule has 2 fully saturated rings. The molecule has 0 radical (unpaired) electrons. The molecule has 9 nitrogen and oxygen atoms in total. The second-order valence-electron chi connectivity index (χ2n) is 8.48. The summed E-state index contributed by atoms with van der Waals surface area (Å²) in [6.45, 7) is 4.71. The fraction of sp³-hybridized carbons (Fsp3) is 0.360. The van der Waals surface area contributed by atoms with Crippen LogP contribution < -0.4 is 20.0 Å². The summed E-state index contributed by atoms with van der Waals surface area (Å²) >= 11 is 3.49. The second-order valence-corrected chi connectivity index (χ2v) is 9.40. The molecule has 0 saturated carbocycles. The molecule has 2 aliphatic heterocycles. The molecule has 188 valence electrons. The van der Waals surface area contributed by atoms with E-state index < -0.39 is 0 Å². The Kier molecular flexibility index (Phi) is 7.87. The van der Waals surface area contributed by atoms with Crippen LogP contribution in [0.3, 0.4) is 0 Å². The number of hydrogen-bond donors (Lipinski definition) is 1. The topological polar surface area (TPSA) is 88.0 Å². The van der Waals surface area contributed by atoms with Crippen LogP contribution in [0.2, 0.25) is 0 Å². The summed E-state index contributed by atoms with van der Waals surface area (Å²) in [7, 11) is 0. The molecule has 36 heavy (non-hydrogen) atoms. The minimum atomic E-state index is -0.300. The minimum absolute atomic E-state index is 0.109. The molecule has 0 bridgehead atoms. The van der Waals surface area contributed by atoms with Gasteiger partial charge in [0.1, 0.15) is 18.2 Å². The molecule has 3 heterocycles. The summed E-state index contributed by atoms with van der Waals surface area (Å²) in [5.41, 5.74) is 4.16. The van der Waals surface area contributed by atoms with Crippen LogP contribution in [0.5, 0.6) is 5.75 Å². The van der Waals surface area contributed by atoms with E-state index in [1.54, 1.807) is 24.4 Å². The quantitative estimate of drug-likeness (QED) is 0.326. The third-order valence-corrected chi connectivity index (χ3v) is 6.47. The number of benzene rings is 2. The first-order valence-electron chi connectivity index (χ1n) is 11.9. The van der Waals surface area contributed by atoms with Gasteiger partial charge in [-0.15, -0.1) is 0 Å². The fourth-order valence-corrected chi connectivity index (χ4v) is 4.43. The van der Waals surface area contributed by atoms with Crippen LogP contribution in [0.1, 0.15) is 24.0 Å². The van der Waals surface area contributed by atoms with Crippen LogP contribution in [0.15, 0.2) is 52.0 Å². The predicted molar refractivity (Wildman–Crippen MR) is 140 cm³/mol. The Labute approximate surface area is 217 Å². The van der Waals surface area contributed by atoms with Crippen LogP contribution in [0.4, 0.5) is 22.2 Å². The second kappa shape index (κ2) is 11.6. The molecule has 1 aromatic heterocycles. The number of ether oxygens (including phenoxy) is 2. The Bertz CT molecular complexity index is 1220. The van der Waals surface area contributed by atoms with E-state index in [0.29, 0.717) is 42.4 Å². The monoisotopic (exact) mass is 555 g/mol. The molecule has 2 aromatic carbocycles. The number of aromatic nitrogens is 3. The first-order valence-corrected chi connectivity index (χ1v) is 12.7. The van der Waals surface area contributed by atoms with Crippen molar-refractivity contribution in [3.8, 4) is 5.75 Å². The lowest BCUT2D eigenvalue weighted by molar-refractivity contribution is 0.122. The lowest BCUT2D eigenvalue weighted by Crippen LogP contribution is -2.38. The van der Waals surface area contributed by atoms with Crippen molar-refractivity contribution in [1.82, 2.24) is 15.0 Å². The van der Waals surface area contributed by atoms with Gasteiger partial charge in [0.15, 0.2) is 0 Å². The van der Waals surface area contributed by atoms with Gasteiger partial charge in [0.25, 0.3) is 0 Å². The Morgan fingerprint density at radius 3 is 2.47 bits per heavy atom. The van der Waals surface area contributed by atoms with Gasteiger partial charge in [0.2, 0.25) is 17.8 Å². The number of morpholine rings is 1. The Morgan fingerprint density at radius 1 is 1.00 bits per heavy atom. The summed E-state index contributed by atoms with van der Waals surface area (Å²) in [5.74, 6) is 1.91. The van der Waals surface area contributed by atoms with Crippen molar-refractivity contribution in [3.05, 3.63) is 63.9 Å². The van der Waals surface area contributed by atoms with E-state index in [1.807, 2.05) is 18.2 Å². The van der Waals surface area contributed by atoms with E-state index in [1.165, 1.54) is 6.07 Å². The Balaban J connectivity index is 1.34. The maximum Gasteiger partial charge on any atom is 0.250 e. The van der Waals surface area contributed by atoms with E-state index in [0.717, 1.165) is 49.1 Å². The number of nitrogens with zero attached hydrogens (tertiary/aromatic N) is 6. The molecule has 0 unspecified atom stereocenters. The Morgan fingerprint density at radius 2 is 1.72 bits per heavy atom. The first kappa shape index (κ1) is 24.4. The highest BCUT2D eigenvalue weighted by Gasteiger charge is 2.21. The maximum absolute atomic E-state index is 14.0. The summed E-state index contributed by atoms with van der Waals surface area (Å²) in [6.07, 6.45) is 3.88. The highest BCUT2D eigenvalue weighted by Crippen LogP contribution is 2.24. The lowest BCUT2D eigenvalue weighted by atomic mass is 10.2. The van der Waals surface area contributed by atoms with Gasteiger partial charge in [0.05, 0.1) is 19.4 Å². The molecular formula is C25H27BrFN7O2. The van der Waals surface area contributed by atoms with Gasteiger partial charge in [0, 0.05) is 41.8 Å². The summed E-state index contributed by atoms with van der Waals surface area (Å²) < 4.78 is 26.2. The third-order valence-electron chi connectivity index (χ3n) is 5.98. The van der Waals surface area contributed by atoms with Crippen molar-refractivity contribution in [2.24, 2.45) is 5.10 Å². The van der Waals surface area contributed by atoms with Crippen LogP contribution in [-0.4, -0.2) is 60.6 Å². The SMILES string of the molecule is Fc1ccccc1COc1ccc(Br)cc1/C=N/Nc1nc(N2CCCC2)nc(N2CCOCC2)n1.